The predicted octanol–water partition coefficient (Wildman–Crippen LogP) is 1.28. The number of hydrogen-bond donors (Lipinski definition) is 0. The van der Waals surface area contributed by atoms with Crippen LogP contribution in [0.5, 0.6) is 0 Å². The minimum atomic E-state index is -4.09. The van der Waals surface area contributed by atoms with E-state index in [1.54, 1.807) is 0 Å². The van der Waals surface area contributed by atoms with Gasteiger partial charge in [-0.1, -0.05) is 0 Å². The molecule has 1 atom stereocenters. The Balaban J connectivity index is 2.99. The standard InChI is InChI=1S/C10H11NO6S/c1-7(12)8(2)17-18(15,16)10-5-3-9(4-6-10)11(13)14/h3-6,8H,1-2H3. The molecule has 0 bridgehead atoms. The molecule has 0 amide bonds. The Hall–Kier alpha value is -1.80. The van der Waals surface area contributed by atoms with Gasteiger partial charge in [-0.25, -0.2) is 0 Å². The molecule has 18 heavy (non-hydrogen) atoms. The van der Waals surface area contributed by atoms with Crippen LogP contribution in [0, 0.1) is 10.1 Å². The lowest BCUT2D eigenvalue weighted by Gasteiger charge is -2.09. The summed E-state index contributed by atoms with van der Waals surface area (Å²) < 4.78 is 28.0. The summed E-state index contributed by atoms with van der Waals surface area (Å²) in [5.74, 6) is -0.430. The molecule has 0 saturated carbocycles. The topological polar surface area (TPSA) is 104 Å². The highest BCUT2D eigenvalue weighted by Crippen LogP contribution is 2.18. The molecule has 7 nitrogen and oxygen atoms in total. The van der Waals surface area contributed by atoms with E-state index in [9.17, 15) is 23.3 Å². The van der Waals surface area contributed by atoms with Gasteiger partial charge in [-0.05, 0) is 26.0 Å². The first-order valence-corrected chi connectivity index (χ1v) is 6.33. The molecular formula is C10H11NO6S. The lowest BCUT2D eigenvalue weighted by molar-refractivity contribution is -0.384. The minimum absolute atomic E-state index is 0.228. The Labute approximate surface area is 104 Å². The number of carbonyl (C=O) groups excluding carboxylic acids is 1. The first-order chi connectivity index (χ1) is 8.24. The molecule has 1 aromatic carbocycles. The zero-order valence-electron chi connectivity index (χ0n) is 9.69. The van der Waals surface area contributed by atoms with E-state index in [0.717, 1.165) is 24.3 Å². The molecule has 0 heterocycles. The Bertz CT molecular complexity index is 563. The number of nitro groups is 1. The third-order valence-corrected chi connectivity index (χ3v) is 3.57. The van der Waals surface area contributed by atoms with Crippen molar-refractivity contribution < 1.29 is 22.3 Å². The van der Waals surface area contributed by atoms with Crippen LogP contribution >= 0.6 is 0 Å². The Kier molecular flexibility index (Phi) is 4.15. The maximum absolute atomic E-state index is 11.7. The lowest BCUT2D eigenvalue weighted by atomic mass is 10.3. The van der Waals surface area contributed by atoms with Gasteiger partial charge in [-0.3, -0.25) is 19.1 Å². The second kappa shape index (κ2) is 5.23. The van der Waals surface area contributed by atoms with Crippen LogP contribution in [0.4, 0.5) is 5.69 Å². The van der Waals surface area contributed by atoms with E-state index in [2.05, 4.69) is 4.18 Å². The van der Waals surface area contributed by atoms with Gasteiger partial charge >= 0.3 is 0 Å². The van der Waals surface area contributed by atoms with Crippen molar-refractivity contribution >= 4 is 21.6 Å². The highest BCUT2D eigenvalue weighted by atomic mass is 32.2. The van der Waals surface area contributed by atoms with Gasteiger partial charge in [0.05, 0.1) is 9.82 Å². The average molecular weight is 273 g/mol. The van der Waals surface area contributed by atoms with Crippen LogP contribution in [-0.4, -0.2) is 25.2 Å². The van der Waals surface area contributed by atoms with E-state index in [0.29, 0.717) is 0 Å². The molecule has 0 saturated heterocycles. The van der Waals surface area contributed by atoms with E-state index in [1.807, 2.05) is 0 Å². The highest BCUT2D eigenvalue weighted by molar-refractivity contribution is 7.86. The molecule has 0 aliphatic heterocycles. The zero-order chi connectivity index (χ0) is 13.9. The number of Topliss-reactive ketones (excluding diaryl/α,β-unsaturated/α-hetero) is 1. The van der Waals surface area contributed by atoms with Crippen molar-refractivity contribution in [2.24, 2.45) is 0 Å². The second-order valence-corrected chi connectivity index (χ2v) is 5.13. The van der Waals surface area contributed by atoms with Crippen molar-refractivity contribution in [2.45, 2.75) is 24.8 Å². The van der Waals surface area contributed by atoms with E-state index < -0.39 is 26.9 Å². The molecule has 98 valence electrons. The van der Waals surface area contributed by atoms with Gasteiger partial charge < -0.3 is 0 Å². The number of carbonyl (C=O) groups is 1. The van der Waals surface area contributed by atoms with Crippen molar-refractivity contribution in [1.82, 2.24) is 0 Å². The van der Waals surface area contributed by atoms with Gasteiger partial charge in [0.1, 0.15) is 6.10 Å². The van der Waals surface area contributed by atoms with Gasteiger partial charge in [-0.2, -0.15) is 8.42 Å². The Morgan fingerprint density at radius 2 is 1.83 bits per heavy atom. The van der Waals surface area contributed by atoms with Crippen LogP contribution in [0.25, 0.3) is 0 Å². The number of rotatable bonds is 5. The monoisotopic (exact) mass is 273 g/mol. The van der Waals surface area contributed by atoms with Gasteiger partial charge in [0, 0.05) is 12.1 Å². The number of non-ortho nitro benzene ring substituents is 1. The molecule has 1 rings (SSSR count). The van der Waals surface area contributed by atoms with Crippen LogP contribution in [-0.2, 0) is 19.1 Å². The van der Waals surface area contributed by atoms with Crippen LogP contribution in [0.3, 0.4) is 0 Å². The Morgan fingerprint density at radius 1 is 1.33 bits per heavy atom. The third-order valence-electron chi connectivity index (χ3n) is 2.18. The van der Waals surface area contributed by atoms with E-state index in [4.69, 9.17) is 0 Å². The summed E-state index contributed by atoms with van der Waals surface area (Å²) in [4.78, 5) is 20.4. The average Bonchev–Trinajstić information content (AvgIpc) is 2.28. The molecular weight excluding hydrogens is 262 g/mol. The fourth-order valence-electron chi connectivity index (χ4n) is 1.05. The van der Waals surface area contributed by atoms with Crippen LogP contribution in [0.1, 0.15) is 13.8 Å². The summed E-state index contributed by atoms with van der Waals surface area (Å²) in [6.07, 6.45) is -1.09. The van der Waals surface area contributed by atoms with Gasteiger partial charge in [0.15, 0.2) is 5.78 Å². The number of nitro benzene ring substituents is 1. The van der Waals surface area contributed by atoms with Gasteiger partial charge in [0.2, 0.25) is 0 Å². The smallest absolute Gasteiger partial charge is 0.297 e. The first-order valence-electron chi connectivity index (χ1n) is 4.92. The van der Waals surface area contributed by atoms with Crippen LogP contribution < -0.4 is 0 Å². The van der Waals surface area contributed by atoms with Crippen molar-refractivity contribution in [3.63, 3.8) is 0 Å². The van der Waals surface area contributed by atoms with Gasteiger partial charge in [-0.15, -0.1) is 0 Å². The summed E-state index contributed by atoms with van der Waals surface area (Å²) >= 11 is 0. The second-order valence-electron chi connectivity index (χ2n) is 3.55. The molecule has 0 N–H and O–H groups in total. The molecule has 8 heteroatoms. The van der Waals surface area contributed by atoms with Crippen molar-refractivity contribution in [2.75, 3.05) is 0 Å². The number of benzene rings is 1. The maximum atomic E-state index is 11.7. The van der Waals surface area contributed by atoms with E-state index in [1.165, 1.54) is 13.8 Å². The van der Waals surface area contributed by atoms with Crippen molar-refractivity contribution in [3.05, 3.63) is 34.4 Å². The quantitative estimate of drug-likeness (QED) is 0.454. The van der Waals surface area contributed by atoms with Crippen molar-refractivity contribution in [3.8, 4) is 0 Å². The highest BCUT2D eigenvalue weighted by Gasteiger charge is 2.22. The molecule has 0 aromatic heterocycles. The molecule has 0 aliphatic carbocycles. The third kappa shape index (κ3) is 3.34. The molecule has 1 aromatic rings. The first kappa shape index (κ1) is 14.3. The lowest BCUT2D eigenvalue weighted by Crippen LogP contribution is -2.22. The normalized spacial score (nSPS) is 13.0. The van der Waals surface area contributed by atoms with E-state index >= 15 is 0 Å². The predicted molar refractivity (Wildman–Crippen MR) is 61.5 cm³/mol. The fourth-order valence-corrected chi connectivity index (χ4v) is 2.14. The summed E-state index contributed by atoms with van der Waals surface area (Å²) in [6, 6.07) is 4.21. The summed E-state index contributed by atoms with van der Waals surface area (Å²) in [6.45, 7) is 2.52. The number of nitrogens with zero attached hydrogens (tertiary/aromatic N) is 1. The maximum Gasteiger partial charge on any atom is 0.297 e. The van der Waals surface area contributed by atoms with Crippen LogP contribution in [0.2, 0.25) is 0 Å². The number of hydrogen-bond acceptors (Lipinski definition) is 6. The van der Waals surface area contributed by atoms with E-state index in [-0.39, 0.29) is 10.6 Å². The summed E-state index contributed by atoms with van der Waals surface area (Å²) in [7, 11) is -4.09. The van der Waals surface area contributed by atoms with Gasteiger partial charge in [0.25, 0.3) is 15.8 Å². The molecule has 0 radical (unpaired) electrons. The fraction of sp³-hybridized carbons (Fsp3) is 0.300. The largest absolute Gasteiger partial charge is 0.297 e. The zero-order valence-corrected chi connectivity index (χ0v) is 10.5. The molecule has 0 spiro atoms. The summed E-state index contributed by atoms with van der Waals surface area (Å²) in [5, 5.41) is 10.4. The molecule has 1 unspecified atom stereocenters. The van der Waals surface area contributed by atoms with Crippen molar-refractivity contribution in [1.29, 1.82) is 0 Å². The SMILES string of the molecule is CC(=O)C(C)OS(=O)(=O)c1ccc([N+](=O)[O-])cc1. The molecule has 0 fully saturated rings. The van der Waals surface area contributed by atoms with Crippen LogP contribution in [0.15, 0.2) is 29.2 Å². The summed E-state index contributed by atoms with van der Waals surface area (Å²) in [5.41, 5.74) is -0.228. The molecule has 0 aliphatic rings. The Morgan fingerprint density at radius 3 is 2.22 bits per heavy atom. The number of ketones is 1. The minimum Gasteiger partial charge on any atom is -0.297 e.